The number of rotatable bonds is 4. The molecule has 2 saturated heterocycles. The molecule has 1 aromatic carbocycles. The summed E-state index contributed by atoms with van der Waals surface area (Å²) in [4.78, 5) is 23.4. The fourth-order valence-corrected chi connectivity index (χ4v) is 3.98. The predicted octanol–water partition coefficient (Wildman–Crippen LogP) is 2.62. The third kappa shape index (κ3) is 4.11. The Morgan fingerprint density at radius 1 is 1.23 bits per heavy atom. The highest BCUT2D eigenvalue weighted by molar-refractivity contribution is 5.95. The van der Waals surface area contributed by atoms with Crippen LogP contribution in [-0.2, 0) is 14.3 Å². The monoisotopic (exact) mass is 411 g/mol. The first-order valence-electron chi connectivity index (χ1n) is 10.3. The second-order valence-electron chi connectivity index (χ2n) is 8.44. The Hall–Kier alpha value is -2.71. The maximum absolute atomic E-state index is 12.5. The van der Waals surface area contributed by atoms with Gasteiger partial charge in [-0.3, -0.25) is 4.79 Å². The van der Waals surface area contributed by atoms with Gasteiger partial charge in [-0.15, -0.1) is 0 Å². The average Bonchev–Trinajstić information content (AvgIpc) is 2.91. The van der Waals surface area contributed by atoms with E-state index in [1.54, 1.807) is 0 Å². The lowest BCUT2D eigenvalue weighted by molar-refractivity contribution is -0.151. The van der Waals surface area contributed by atoms with Crippen LogP contribution in [0.2, 0.25) is 0 Å². The third-order valence-corrected chi connectivity index (χ3v) is 5.77. The van der Waals surface area contributed by atoms with E-state index in [0.29, 0.717) is 26.4 Å². The highest BCUT2D eigenvalue weighted by Crippen LogP contribution is 2.33. The number of carbonyl (C=O) groups is 1. The van der Waals surface area contributed by atoms with Gasteiger partial charge in [-0.2, -0.15) is 4.98 Å². The van der Waals surface area contributed by atoms with Crippen molar-refractivity contribution >= 4 is 23.4 Å². The van der Waals surface area contributed by atoms with Crippen molar-refractivity contribution in [3.63, 3.8) is 0 Å². The smallest absolute Gasteiger partial charge is 0.234 e. The van der Waals surface area contributed by atoms with Gasteiger partial charge >= 0.3 is 0 Å². The van der Waals surface area contributed by atoms with Gasteiger partial charge in [0.1, 0.15) is 5.82 Å². The van der Waals surface area contributed by atoms with Crippen molar-refractivity contribution in [2.45, 2.75) is 33.2 Å². The summed E-state index contributed by atoms with van der Waals surface area (Å²) in [5.41, 5.74) is 9.32. The van der Waals surface area contributed by atoms with Gasteiger partial charge < -0.3 is 25.4 Å². The maximum atomic E-state index is 12.5. The number of aromatic nitrogens is 2. The zero-order chi connectivity index (χ0) is 21.3. The van der Waals surface area contributed by atoms with Crippen LogP contribution in [0.15, 0.2) is 24.3 Å². The molecule has 0 saturated carbocycles. The SMILES string of the molecule is Cc1cc(N2CCCOCC2c2ccc(NC(=O)C3(C)COC3)cc2C)nc(N)n1. The number of nitrogens with two attached hydrogens (primary N) is 1. The molecule has 2 aromatic rings. The minimum Gasteiger partial charge on any atom is -0.379 e. The number of anilines is 3. The van der Waals surface area contributed by atoms with Crippen molar-refractivity contribution in [1.82, 2.24) is 9.97 Å². The summed E-state index contributed by atoms with van der Waals surface area (Å²) in [5, 5.41) is 3.02. The zero-order valence-electron chi connectivity index (χ0n) is 17.8. The first-order valence-corrected chi connectivity index (χ1v) is 10.3. The normalized spacial score (nSPS) is 20.9. The summed E-state index contributed by atoms with van der Waals surface area (Å²) in [6.45, 7) is 8.91. The van der Waals surface area contributed by atoms with E-state index in [-0.39, 0.29) is 17.9 Å². The molecule has 8 heteroatoms. The average molecular weight is 412 g/mol. The number of ether oxygens (including phenoxy) is 2. The van der Waals surface area contributed by atoms with Gasteiger partial charge in [0.25, 0.3) is 0 Å². The minimum atomic E-state index is -0.441. The number of aryl methyl sites for hydroxylation is 2. The molecule has 8 nitrogen and oxygen atoms in total. The van der Waals surface area contributed by atoms with Gasteiger partial charge in [0.15, 0.2) is 0 Å². The summed E-state index contributed by atoms with van der Waals surface area (Å²) >= 11 is 0. The van der Waals surface area contributed by atoms with Gasteiger partial charge in [-0.1, -0.05) is 6.07 Å². The molecule has 2 aliphatic heterocycles. The topological polar surface area (TPSA) is 103 Å². The number of hydrogen-bond donors (Lipinski definition) is 2. The number of amides is 1. The van der Waals surface area contributed by atoms with Crippen LogP contribution < -0.4 is 16.0 Å². The molecule has 1 aromatic heterocycles. The van der Waals surface area contributed by atoms with Gasteiger partial charge in [0.05, 0.1) is 31.3 Å². The van der Waals surface area contributed by atoms with Crippen molar-refractivity contribution in [3.8, 4) is 0 Å². The van der Waals surface area contributed by atoms with Crippen molar-refractivity contribution < 1.29 is 14.3 Å². The molecular formula is C22H29N5O3. The lowest BCUT2D eigenvalue weighted by Gasteiger charge is -2.36. The Morgan fingerprint density at radius 2 is 2.03 bits per heavy atom. The maximum Gasteiger partial charge on any atom is 0.234 e. The Bertz CT molecular complexity index is 924. The van der Waals surface area contributed by atoms with Gasteiger partial charge in [0.2, 0.25) is 11.9 Å². The number of nitrogens with zero attached hydrogens (tertiary/aromatic N) is 3. The third-order valence-electron chi connectivity index (χ3n) is 5.77. The molecule has 1 unspecified atom stereocenters. The van der Waals surface area contributed by atoms with Crippen LogP contribution in [0.4, 0.5) is 17.5 Å². The molecular weight excluding hydrogens is 382 g/mol. The number of carbonyl (C=O) groups excluding carboxylic acids is 1. The van der Waals surface area contributed by atoms with Crippen LogP contribution in [0.5, 0.6) is 0 Å². The fraction of sp³-hybridized carbons (Fsp3) is 0.500. The summed E-state index contributed by atoms with van der Waals surface area (Å²) in [6.07, 6.45) is 0.910. The molecule has 1 amide bonds. The summed E-state index contributed by atoms with van der Waals surface area (Å²) in [6, 6.07) is 7.99. The first-order chi connectivity index (χ1) is 14.4. The molecule has 2 aliphatic rings. The van der Waals surface area contributed by atoms with Crippen molar-refractivity contribution in [2.24, 2.45) is 5.41 Å². The van der Waals surface area contributed by atoms with Crippen LogP contribution in [0, 0.1) is 19.3 Å². The molecule has 4 rings (SSSR count). The molecule has 0 spiro atoms. The summed E-state index contributed by atoms with van der Waals surface area (Å²) < 4.78 is 11.1. The Labute approximate surface area is 176 Å². The Balaban J connectivity index is 1.60. The second-order valence-corrected chi connectivity index (χ2v) is 8.44. The molecule has 160 valence electrons. The van der Waals surface area contributed by atoms with E-state index < -0.39 is 5.41 Å². The molecule has 0 bridgehead atoms. The van der Waals surface area contributed by atoms with E-state index in [4.69, 9.17) is 15.2 Å². The molecule has 0 radical (unpaired) electrons. The lowest BCUT2D eigenvalue weighted by Crippen LogP contribution is -2.49. The fourth-order valence-electron chi connectivity index (χ4n) is 3.98. The standard InChI is InChI=1S/C22H29N5O3/c1-14-9-16(25-20(28)22(3)12-30-13-22)5-6-17(14)18-11-29-8-4-7-27(18)19-10-15(2)24-21(23)26-19/h5-6,9-10,18H,4,7-8,11-13H2,1-3H3,(H,25,28)(H2,23,24,26). The predicted molar refractivity (Wildman–Crippen MR) is 115 cm³/mol. The lowest BCUT2D eigenvalue weighted by atomic mass is 9.87. The minimum absolute atomic E-state index is 0.00324. The molecule has 3 heterocycles. The van der Waals surface area contributed by atoms with Crippen LogP contribution >= 0.6 is 0 Å². The summed E-state index contributed by atoms with van der Waals surface area (Å²) in [7, 11) is 0. The second kappa shape index (κ2) is 8.20. The van der Waals surface area contributed by atoms with Gasteiger partial charge in [0, 0.05) is 30.6 Å². The van der Waals surface area contributed by atoms with E-state index in [1.165, 1.54) is 0 Å². The van der Waals surface area contributed by atoms with E-state index in [0.717, 1.165) is 41.3 Å². The van der Waals surface area contributed by atoms with E-state index in [1.807, 2.05) is 32.0 Å². The largest absolute Gasteiger partial charge is 0.379 e. The van der Waals surface area contributed by atoms with Crippen LogP contribution in [0.3, 0.4) is 0 Å². The quantitative estimate of drug-likeness (QED) is 0.797. The van der Waals surface area contributed by atoms with Crippen LogP contribution in [0.25, 0.3) is 0 Å². The number of nitrogen functional groups attached to an aromatic ring is 1. The first kappa shape index (κ1) is 20.6. The van der Waals surface area contributed by atoms with Crippen molar-refractivity contribution in [2.75, 3.05) is 48.9 Å². The number of benzene rings is 1. The van der Waals surface area contributed by atoms with E-state index in [9.17, 15) is 4.79 Å². The number of nitrogens with one attached hydrogen (secondary N) is 1. The van der Waals surface area contributed by atoms with Gasteiger partial charge in [-0.05, 0) is 50.5 Å². The highest BCUT2D eigenvalue weighted by atomic mass is 16.5. The molecule has 1 atom stereocenters. The molecule has 0 aliphatic carbocycles. The van der Waals surface area contributed by atoms with Crippen LogP contribution in [0.1, 0.15) is 36.2 Å². The Morgan fingerprint density at radius 3 is 2.70 bits per heavy atom. The number of hydrogen-bond acceptors (Lipinski definition) is 7. The highest BCUT2D eigenvalue weighted by Gasteiger charge is 2.41. The van der Waals surface area contributed by atoms with Crippen molar-refractivity contribution in [3.05, 3.63) is 41.1 Å². The van der Waals surface area contributed by atoms with Crippen LogP contribution in [-0.4, -0.2) is 48.8 Å². The summed E-state index contributed by atoms with van der Waals surface area (Å²) in [5.74, 6) is 1.08. The molecule has 2 fully saturated rings. The van der Waals surface area contributed by atoms with E-state index >= 15 is 0 Å². The van der Waals surface area contributed by atoms with E-state index in [2.05, 4.69) is 33.2 Å². The molecule has 3 N–H and O–H groups in total. The van der Waals surface area contributed by atoms with Crippen molar-refractivity contribution in [1.29, 1.82) is 0 Å². The zero-order valence-corrected chi connectivity index (χ0v) is 17.8. The molecule has 30 heavy (non-hydrogen) atoms. The van der Waals surface area contributed by atoms with Gasteiger partial charge in [-0.25, -0.2) is 4.98 Å². The Kier molecular flexibility index (Phi) is 5.62.